The zero-order valence-electron chi connectivity index (χ0n) is 10.7. The number of methoxy groups -OCH3 is 1. The van der Waals surface area contributed by atoms with Crippen molar-refractivity contribution in [3.63, 3.8) is 0 Å². The molecule has 1 heterocycles. The van der Waals surface area contributed by atoms with Crippen molar-refractivity contribution in [2.75, 3.05) is 31.7 Å². The monoisotopic (exact) mass is 285 g/mol. The summed E-state index contributed by atoms with van der Waals surface area (Å²) in [6, 6.07) is 4.53. The first-order chi connectivity index (χ1) is 9.10. The van der Waals surface area contributed by atoms with Crippen LogP contribution in [0.5, 0.6) is 0 Å². The van der Waals surface area contributed by atoms with Crippen molar-refractivity contribution in [1.82, 2.24) is 4.90 Å². The van der Waals surface area contributed by atoms with Crippen LogP contribution in [0.3, 0.4) is 0 Å². The number of nitrogens with zero attached hydrogens (tertiary/aromatic N) is 1. The van der Waals surface area contributed by atoms with Crippen molar-refractivity contribution in [2.45, 2.75) is 6.54 Å². The fourth-order valence-corrected chi connectivity index (χ4v) is 3.15. The number of benzene rings is 1. The lowest BCUT2D eigenvalue weighted by Crippen LogP contribution is -2.37. The Kier molecular flexibility index (Phi) is 4.66. The highest BCUT2D eigenvalue weighted by Gasteiger charge is 2.17. The van der Waals surface area contributed by atoms with Gasteiger partial charge < -0.3 is 4.74 Å². The Morgan fingerprint density at radius 2 is 2.11 bits per heavy atom. The van der Waals surface area contributed by atoms with Gasteiger partial charge in [-0.2, -0.15) is 0 Å². The minimum Gasteiger partial charge on any atom is -0.465 e. The van der Waals surface area contributed by atoms with Crippen molar-refractivity contribution >= 4 is 16.8 Å². The molecule has 2 rings (SSSR count). The summed E-state index contributed by atoms with van der Waals surface area (Å²) in [6.07, 6.45) is 0. The zero-order valence-corrected chi connectivity index (χ0v) is 11.5. The van der Waals surface area contributed by atoms with Crippen LogP contribution in [0.1, 0.15) is 15.9 Å². The molecular weight excluding hydrogens is 269 g/mol. The molecule has 19 heavy (non-hydrogen) atoms. The predicted octanol–water partition coefficient (Wildman–Crippen LogP) is 1.18. The van der Waals surface area contributed by atoms with Crippen LogP contribution in [0, 0.1) is 5.82 Å². The van der Waals surface area contributed by atoms with E-state index in [-0.39, 0.29) is 5.56 Å². The van der Waals surface area contributed by atoms with E-state index in [2.05, 4.69) is 9.64 Å². The summed E-state index contributed by atoms with van der Waals surface area (Å²) in [6.45, 7) is 2.12. The highest BCUT2D eigenvalue weighted by molar-refractivity contribution is 7.85. The minimum absolute atomic E-state index is 0.0500. The average Bonchev–Trinajstić information content (AvgIpc) is 2.41. The highest BCUT2D eigenvalue weighted by Crippen LogP contribution is 2.14. The van der Waals surface area contributed by atoms with Gasteiger partial charge in [0.05, 0.1) is 12.7 Å². The lowest BCUT2D eigenvalue weighted by molar-refractivity contribution is 0.0595. The van der Waals surface area contributed by atoms with Gasteiger partial charge in [-0.05, 0) is 17.7 Å². The molecule has 0 unspecified atom stereocenters. The average molecular weight is 285 g/mol. The Balaban J connectivity index is 2.04. The molecule has 1 aliphatic rings. The molecule has 0 aliphatic carbocycles. The van der Waals surface area contributed by atoms with Crippen LogP contribution in [-0.2, 0) is 22.1 Å². The number of carbonyl (C=O) groups excluding carboxylic acids is 1. The van der Waals surface area contributed by atoms with E-state index in [0.717, 1.165) is 18.7 Å². The molecule has 0 amide bonds. The lowest BCUT2D eigenvalue weighted by Gasteiger charge is -2.26. The molecule has 4 nitrogen and oxygen atoms in total. The summed E-state index contributed by atoms with van der Waals surface area (Å²) in [5.74, 6) is 0.105. The van der Waals surface area contributed by atoms with E-state index < -0.39 is 22.6 Å². The first-order valence-corrected chi connectivity index (χ1v) is 7.53. The predicted molar refractivity (Wildman–Crippen MR) is 70.9 cm³/mol. The Bertz CT molecular complexity index is 497. The topological polar surface area (TPSA) is 46.6 Å². The third-order valence-electron chi connectivity index (χ3n) is 3.12. The Morgan fingerprint density at radius 1 is 1.42 bits per heavy atom. The van der Waals surface area contributed by atoms with Crippen molar-refractivity contribution < 1.29 is 18.1 Å². The van der Waals surface area contributed by atoms with E-state index in [4.69, 9.17) is 0 Å². The maximum atomic E-state index is 13.7. The summed E-state index contributed by atoms with van der Waals surface area (Å²) in [4.78, 5) is 13.4. The van der Waals surface area contributed by atoms with E-state index in [9.17, 15) is 13.4 Å². The zero-order chi connectivity index (χ0) is 13.8. The van der Waals surface area contributed by atoms with E-state index >= 15 is 0 Å². The van der Waals surface area contributed by atoms with Crippen molar-refractivity contribution in [3.8, 4) is 0 Å². The molecule has 1 aromatic carbocycles. The van der Waals surface area contributed by atoms with Gasteiger partial charge in [0, 0.05) is 41.9 Å². The van der Waals surface area contributed by atoms with Gasteiger partial charge in [-0.15, -0.1) is 0 Å². The Morgan fingerprint density at radius 3 is 2.68 bits per heavy atom. The summed E-state index contributed by atoms with van der Waals surface area (Å²) in [5.41, 5.74) is 0.754. The number of hydrogen-bond acceptors (Lipinski definition) is 4. The second-order valence-electron chi connectivity index (χ2n) is 4.43. The third-order valence-corrected chi connectivity index (χ3v) is 4.39. The van der Waals surface area contributed by atoms with Crippen molar-refractivity contribution in [1.29, 1.82) is 0 Å². The second kappa shape index (κ2) is 6.25. The second-order valence-corrected chi connectivity index (χ2v) is 6.13. The van der Waals surface area contributed by atoms with Gasteiger partial charge in [-0.3, -0.25) is 9.11 Å². The molecule has 6 heteroatoms. The maximum absolute atomic E-state index is 13.7. The van der Waals surface area contributed by atoms with Gasteiger partial charge in [0.2, 0.25) is 0 Å². The smallest absolute Gasteiger partial charge is 0.340 e. The van der Waals surface area contributed by atoms with Crippen LogP contribution in [0.15, 0.2) is 18.2 Å². The third kappa shape index (κ3) is 3.61. The SMILES string of the molecule is COC(=O)c1ccc(CN2CCS(=O)CC2)cc1F. The summed E-state index contributed by atoms with van der Waals surface area (Å²) < 4.78 is 29.5. The van der Waals surface area contributed by atoms with E-state index in [1.807, 2.05) is 0 Å². The molecule has 0 spiro atoms. The molecule has 1 fully saturated rings. The van der Waals surface area contributed by atoms with E-state index in [1.54, 1.807) is 6.07 Å². The van der Waals surface area contributed by atoms with Crippen LogP contribution >= 0.6 is 0 Å². The molecule has 104 valence electrons. The summed E-state index contributed by atoms with van der Waals surface area (Å²) >= 11 is 0. The molecule has 1 aliphatic heterocycles. The van der Waals surface area contributed by atoms with Gasteiger partial charge in [0.15, 0.2) is 0 Å². The van der Waals surface area contributed by atoms with Crippen LogP contribution in [-0.4, -0.2) is 46.8 Å². The first kappa shape index (κ1) is 14.1. The minimum atomic E-state index is -0.711. The number of rotatable bonds is 3. The lowest BCUT2D eigenvalue weighted by atomic mass is 10.1. The van der Waals surface area contributed by atoms with Gasteiger partial charge in [0.1, 0.15) is 5.82 Å². The molecule has 0 saturated carbocycles. The number of carbonyl (C=O) groups is 1. The normalized spacial score (nSPS) is 17.4. The fourth-order valence-electron chi connectivity index (χ4n) is 2.02. The summed E-state index contributed by atoms with van der Waals surface area (Å²) in [5, 5.41) is 0. The van der Waals surface area contributed by atoms with Crippen LogP contribution in [0.2, 0.25) is 0 Å². The molecule has 0 aromatic heterocycles. The fraction of sp³-hybridized carbons (Fsp3) is 0.462. The standard InChI is InChI=1S/C13H16FNO3S/c1-18-13(16)11-3-2-10(8-12(11)14)9-15-4-6-19(17)7-5-15/h2-3,8H,4-7,9H2,1H3. The van der Waals surface area contributed by atoms with Crippen molar-refractivity contribution in [2.24, 2.45) is 0 Å². The first-order valence-electron chi connectivity index (χ1n) is 6.04. The Hall–Kier alpha value is -1.27. The van der Waals surface area contributed by atoms with Crippen LogP contribution in [0.25, 0.3) is 0 Å². The van der Waals surface area contributed by atoms with Gasteiger partial charge in [-0.25, -0.2) is 9.18 Å². The number of halogens is 1. The molecule has 0 N–H and O–H groups in total. The molecule has 0 atom stereocenters. The van der Waals surface area contributed by atoms with Crippen LogP contribution < -0.4 is 0 Å². The van der Waals surface area contributed by atoms with E-state index in [0.29, 0.717) is 18.1 Å². The number of ether oxygens (including phenoxy) is 1. The van der Waals surface area contributed by atoms with Crippen molar-refractivity contribution in [3.05, 3.63) is 35.1 Å². The maximum Gasteiger partial charge on any atom is 0.340 e. The van der Waals surface area contributed by atoms with Gasteiger partial charge in [-0.1, -0.05) is 6.07 Å². The Labute approximate surface area is 114 Å². The largest absolute Gasteiger partial charge is 0.465 e. The number of esters is 1. The molecule has 0 radical (unpaired) electrons. The highest BCUT2D eigenvalue weighted by atomic mass is 32.2. The molecule has 1 aromatic rings. The van der Waals surface area contributed by atoms with Crippen LogP contribution in [0.4, 0.5) is 4.39 Å². The number of hydrogen-bond donors (Lipinski definition) is 0. The summed E-state index contributed by atoms with van der Waals surface area (Å²) in [7, 11) is 0.514. The molecule has 1 saturated heterocycles. The van der Waals surface area contributed by atoms with Gasteiger partial charge >= 0.3 is 5.97 Å². The molecule has 0 bridgehead atoms. The molecular formula is C13H16FNO3S. The van der Waals surface area contributed by atoms with E-state index in [1.165, 1.54) is 19.2 Å². The van der Waals surface area contributed by atoms with Gasteiger partial charge in [0.25, 0.3) is 0 Å². The quantitative estimate of drug-likeness (QED) is 0.782.